The first-order chi connectivity index (χ1) is 1.73. The average Bonchev–Trinajstić information content (AvgIpc) is 0.811. The third-order valence-corrected chi connectivity index (χ3v) is 0. The maximum atomic E-state index is 8.25. The largest absolute Gasteiger partial charge is 2.00 e. The van der Waals surface area contributed by atoms with E-state index in [-0.39, 0.29) is 77.3 Å². The van der Waals surface area contributed by atoms with Gasteiger partial charge in [0, 0.05) is 0 Å². The van der Waals surface area contributed by atoms with E-state index in [1.807, 2.05) is 0 Å². The van der Waals surface area contributed by atoms with Gasteiger partial charge in [0.1, 0.15) is 0 Å². The molecule has 0 fully saturated rings. The van der Waals surface area contributed by atoms with E-state index >= 15 is 0 Å². The molecule has 0 saturated carbocycles. The van der Waals surface area contributed by atoms with Crippen LogP contribution in [-0.4, -0.2) is 28.1 Å². The summed E-state index contributed by atoms with van der Waals surface area (Å²) in [7, 11) is 0. The van der Waals surface area contributed by atoms with Crippen molar-refractivity contribution in [2.45, 2.75) is 0 Å². The van der Waals surface area contributed by atoms with Crippen LogP contribution < -0.4 is 51.4 Å². The zero-order valence-electron chi connectivity index (χ0n) is 5.38. The summed E-state index contributed by atoms with van der Waals surface area (Å²) in [6.07, 6.45) is 0. The molecule has 0 N–H and O–H groups in total. The van der Waals surface area contributed by atoms with Gasteiger partial charge in [-0.2, -0.15) is 0 Å². The Morgan fingerprint density at radius 2 is 1.50 bits per heavy atom. The number of hydrogen-bond donors (Lipinski definition) is 0. The molecule has 4 nitrogen and oxygen atoms in total. The molecule has 0 aliphatic carbocycles. The van der Waals surface area contributed by atoms with Crippen molar-refractivity contribution in [2.24, 2.45) is 0 Å². The molecule has 0 aromatic carbocycles. The van der Waals surface area contributed by atoms with Gasteiger partial charge in [-0.25, -0.2) is 0 Å². The smallest absolute Gasteiger partial charge is 1.00 e. The summed E-state index contributed by atoms with van der Waals surface area (Å²) < 4.78 is 0. The predicted octanol–water partition coefficient (Wildman–Crippen LogP) is -3.39. The second-order valence-corrected chi connectivity index (χ2v) is 0.224. The van der Waals surface area contributed by atoms with E-state index in [1.165, 1.54) is 0 Å². The Morgan fingerprint density at radius 3 is 1.50 bits per heavy atom. The van der Waals surface area contributed by atoms with E-state index < -0.39 is 5.09 Å². The van der Waals surface area contributed by atoms with Crippen molar-refractivity contribution in [3.05, 3.63) is 15.3 Å². The summed E-state index contributed by atoms with van der Waals surface area (Å²) in [5.41, 5.74) is 0. The molecule has 28 valence electrons. The molecule has 0 saturated heterocycles. The van der Waals surface area contributed by atoms with E-state index in [2.05, 4.69) is 0 Å². The molecule has 0 spiro atoms. The van der Waals surface area contributed by atoms with Gasteiger partial charge in [-0.3, -0.25) is 0 Å². The molecule has 0 amide bonds. The maximum absolute atomic E-state index is 8.25. The zero-order valence-corrected chi connectivity index (χ0v) is 7.92. The molecule has 0 radical (unpaired) electrons. The number of hydrogen-bond acceptors (Lipinski definition) is 3. The van der Waals surface area contributed by atoms with Crippen LogP contribution in [-0.2, 0) is 0 Å². The fraction of sp³-hybridized carbons (Fsp3) is 0. The minimum absolute atomic E-state index is 0. The summed E-state index contributed by atoms with van der Waals surface area (Å²) in [4.78, 5) is 8.25. The molecule has 0 atom stereocenters. The van der Waals surface area contributed by atoms with Gasteiger partial charge in [-0.05, 0) is 0 Å². The van der Waals surface area contributed by atoms with Crippen molar-refractivity contribution in [2.75, 3.05) is 0 Å². The van der Waals surface area contributed by atoms with Gasteiger partial charge in [0.25, 0.3) is 0 Å². The Kier molecular flexibility index (Phi) is 25.5. The van der Waals surface area contributed by atoms with Crippen molar-refractivity contribution in [3.8, 4) is 0 Å². The van der Waals surface area contributed by atoms with Gasteiger partial charge in [0.15, 0.2) is 0 Å². The Hall–Kier alpha value is 1.60. The Bertz CT molecular complexity index is 40.3. The first-order valence-electron chi connectivity index (χ1n) is 0.548. The minimum Gasteiger partial charge on any atom is -1.00 e. The Labute approximate surface area is 95.9 Å². The summed E-state index contributed by atoms with van der Waals surface area (Å²) in [6, 6.07) is 0. The normalized spacial score (nSPS) is 4.00. The molecule has 0 aromatic rings. The topological polar surface area (TPSA) is 66.2 Å². The average molecular weight is 127 g/mol. The van der Waals surface area contributed by atoms with Crippen LogP contribution in [0.15, 0.2) is 0 Å². The van der Waals surface area contributed by atoms with Crippen molar-refractivity contribution < 1.29 is 59.3 Å². The van der Waals surface area contributed by atoms with Crippen LogP contribution >= 0.6 is 0 Å². The van der Waals surface area contributed by atoms with E-state index in [9.17, 15) is 0 Å². The van der Waals surface area contributed by atoms with Crippen LogP contribution in [0.4, 0.5) is 0 Å². The molecule has 0 heterocycles. The summed E-state index contributed by atoms with van der Waals surface area (Å²) >= 11 is 0. The molecule has 0 rings (SSSR count). The quantitative estimate of drug-likeness (QED) is 0.194. The molecule has 0 unspecified atom stereocenters. The standard InChI is InChI=1S/K.Mg.NO3.2H/c;;2-1(3)4;;/q+1;+2;3*-1. The van der Waals surface area contributed by atoms with Crippen molar-refractivity contribution in [1.29, 1.82) is 0 Å². The Morgan fingerprint density at radius 1 is 1.50 bits per heavy atom. The molecular formula is H2KMgNO3. The minimum atomic E-state index is -1.75. The van der Waals surface area contributed by atoms with Crippen molar-refractivity contribution in [1.82, 2.24) is 0 Å². The van der Waals surface area contributed by atoms with Gasteiger partial charge in [-0.1, -0.05) is 0 Å². The third kappa shape index (κ3) is 46.2. The van der Waals surface area contributed by atoms with Crippen LogP contribution in [0.5, 0.6) is 0 Å². The monoisotopic (exact) mass is 127 g/mol. The van der Waals surface area contributed by atoms with Gasteiger partial charge >= 0.3 is 74.4 Å². The summed E-state index contributed by atoms with van der Waals surface area (Å²) in [6.45, 7) is 0. The van der Waals surface area contributed by atoms with E-state index in [0.717, 1.165) is 0 Å². The summed E-state index contributed by atoms with van der Waals surface area (Å²) in [5.74, 6) is 0. The van der Waals surface area contributed by atoms with Crippen LogP contribution in [0.25, 0.3) is 0 Å². The van der Waals surface area contributed by atoms with Gasteiger partial charge < -0.3 is 18.2 Å². The molecule has 6 heavy (non-hydrogen) atoms. The van der Waals surface area contributed by atoms with E-state index in [1.54, 1.807) is 0 Å². The second-order valence-electron chi connectivity index (χ2n) is 0.224. The van der Waals surface area contributed by atoms with Crippen LogP contribution in [0.1, 0.15) is 2.85 Å². The fourth-order valence-electron chi connectivity index (χ4n) is 0. The molecule has 6 heteroatoms. The number of rotatable bonds is 0. The summed E-state index contributed by atoms with van der Waals surface area (Å²) in [5, 5.41) is 14.8. The van der Waals surface area contributed by atoms with Crippen LogP contribution in [0.3, 0.4) is 0 Å². The molecule has 0 aliphatic heterocycles. The van der Waals surface area contributed by atoms with E-state index in [0.29, 0.717) is 0 Å². The first-order valence-corrected chi connectivity index (χ1v) is 0.548. The third-order valence-electron chi connectivity index (χ3n) is 0. The zero-order chi connectivity index (χ0) is 3.58. The van der Waals surface area contributed by atoms with Gasteiger partial charge in [0.05, 0.1) is 5.09 Å². The maximum Gasteiger partial charge on any atom is 2.00 e. The Balaban J connectivity index is -0.00000000750. The molecule has 0 bridgehead atoms. The van der Waals surface area contributed by atoms with Gasteiger partial charge in [0.2, 0.25) is 0 Å². The SMILES string of the molecule is O=[N+]([O-])[O-].[H-].[H-].[K+].[Mg+2]. The van der Waals surface area contributed by atoms with Crippen LogP contribution in [0, 0.1) is 15.3 Å². The van der Waals surface area contributed by atoms with Crippen molar-refractivity contribution in [3.63, 3.8) is 0 Å². The molecule has 0 aliphatic rings. The fourth-order valence-corrected chi connectivity index (χ4v) is 0. The first kappa shape index (κ1) is 15.6. The van der Waals surface area contributed by atoms with Crippen molar-refractivity contribution >= 4 is 23.1 Å². The number of nitrogens with zero attached hydrogens (tertiary/aromatic N) is 1. The van der Waals surface area contributed by atoms with Crippen LogP contribution in [0.2, 0.25) is 0 Å². The van der Waals surface area contributed by atoms with Gasteiger partial charge in [-0.15, -0.1) is 0 Å². The molecular weight excluding hydrogens is 125 g/mol. The molecule has 0 aromatic heterocycles. The van der Waals surface area contributed by atoms with E-state index in [4.69, 9.17) is 15.3 Å². The second kappa shape index (κ2) is 9.78. The predicted molar refractivity (Wildman–Crippen MR) is 18.3 cm³/mol.